The van der Waals surface area contributed by atoms with Crippen LogP contribution in [0.5, 0.6) is 0 Å². The second-order valence-electron chi connectivity index (χ2n) is 18.2. The minimum absolute atomic E-state index is 0.200. The highest BCUT2D eigenvalue weighted by Gasteiger charge is 2.32. The predicted octanol–water partition coefficient (Wildman–Crippen LogP) is 12.3. The van der Waals surface area contributed by atoms with E-state index in [0.29, 0.717) is 0 Å². The normalized spacial score (nSPS) is 18.8. The molecule has 0 fully saturated rings. The first-order valence-corrected chi connectivity index (χ1v) is 23.4. The summed E-state index contributed by atoms with van der Waals surface area (Å²) in [5.74, 6) is 1.11. The van der Waals surface area contributed by atoms with Gasteiger partial charge >= 0.3 is 0 Å². The van der Waals surface area contributed by atoms with Crippen molar-refractivity contribution >= 4 is 77.8 Å². The van der Waals surface area contributed by atoms with Gasteiger partial charge in [0, 0.05) is 49.8 Å². The Balaban J connectivity index is 0.993. The zero-order valence-electron chi connectivity index (χ0n) is 36.3. The van der Waals surface area contributed by atoms with E-state index in [4.69, 9.17) is 4.99 Å². The van der Waals surface area contributed by atoms with Gasteiger partial charge in [-0.2, -0.15) is 0 Å². The van der Waals surface area contributed by atoms with Crippen molar-refractivity contribution in [1.82, 2.24) is 19.8 Å². The van der Waals surface area contributed by atoms with Gasteiger partial charge in [0.2, 0.25) is 0 Å². The number of aliphatic imine (C=N–C) groups is 1. The van der Waals surface area contributed by atoms with E-state index in [1.54, 1.807) is 0 Å². The number of rotatable bonds is 5. The molecule has 314 valence electrons. The third kappa shape index (κ3) is 5.66. The Morgan fingerprint density at radius 2 is 1.32 bits per heavy atom. The van der Waals surface area contributed by atoms with E-state index < -0.39 is 0 Å². The van der Waals surface area contributed by atoms with Crippen LogP contribution in [0.15, 0.2) is 205 Å². The molecule has 2 N–H and O–H groups in total. The molecule has 5 heteroatoms. The lowest BCUT2D eigenvalue weighted by atomic mass is 9.83. The van der Waals surface area contributed by atoms with E-state index in [2.05, 4.69) is 226 Å². The standard InChI is InChI=1S/C61H45N5/c1-2-17-39(18-3-1)59-62-60(64-61(63-59)51-35-40-19-4-6-22-43(40)45-24-8-9-25-46(45)51)42-34-33-38-21-16-32-55(50(38)36-42)65-54-31-15-12-28-49(54)57-56(65)37-41-20-5-7-23-44(41)58(57)66-52-29-13-10-26-47(52)48-27-11-14-30-53(48)66/h1-14,16-22,24-30,32-37,44,60-61,64H,15,23,31H2,(H,62,63). The maximum Gasteiger partial charge on any atom is 0.131 e. The van der Waals surface area contributed by atoms with Crippen LogP contribution < -0.4 is 21.2 Å². The maximum atomic E-state index is 5.47. The van der Waals surface area contributed by atoms with E-state index >= 15 is 0 Å². The molecule has 0 saturated carbocycles. The number of hydrogen-bond donors (Lipinski definition) is 2. The molecule has 0 bridgehead atoms. The monoisotopic (exact) mass is 847 g/mol. The van der Waals surface area contributed by atoms with Crippen LogP contribution in [0.2, 0.25) is 0 Å². The van der Waals surface area contributed by atoms with Gasteiger partial charge in [0.15, 0.2) is 0 Å². The van der Waals surface area contributed by atoms with Gasteiger partial charge in [0.25, 0.3) is 0 Å². The molecule has 3 atom stereocenters. The van der Waals surface area contributed by atoms with Crippen molar-refractivity contribution in [3.63, 3.8) is 0 Å². The zero-order chi connectivity index (χ0) is 43.3. The highest BCUT2D eigenvalue weighted by molar-refractivity contribution is 6.11. The third-order valence-corrected chi connectivity index (χ3v) is 14.6. The van der Waals surface area contributed by atoms with E-state index in [0.717, 1.165) is 36.2 Å². The zero-order valence-corrected chi connectivity index (χ0v) is 36.3. The summed E-state index contributed by atoms with van der Waals surface area (Å²) in [6, 6.07) is 62.1. The van der Waals surface area contributed by atoms with Crippen molar-refractivity contribution < 1.29 is 0 Å². The van der Waals surface area contributed by atoms with Crippen LogP contribution in [-0.2, 0) is 6.42 Å². The van der Waals surface area contributed by atoms with Gasteiger partial charge in [0.1, 0.15) is 18.2 Å². The predicted molar refractivity (Wildman–Crippen MR) is 274 cm³/mol. The molecule has 10 aromatic rings. The molecule has 0 radical (unpaired) electrons. The summed E-state index contributed by atoms with van der Waals surface area (Å²) in [7, 11) is 0. The fraction of sp³-hybridized carbons (Fsp3) is 0.0984. The smallest absolute Gasteiger partial charge is 0.131 e. The summed E-state index contributed by atoms with van der Waals surface area (Å²) >= 11 is 0. The van der Waals surface area contributed by atoms with Gasteiger partial charge in [-0.05, 0) is 99.3 Å². The number of fused-ring (bicyclic) bond motifs is 11. The first-order valence-electron chi connectivity index (χ1n) is 23.4. The Labute approximate surface area is 382 Å². The molecule has 1 aliphatic heterocycles. The van der Waals surface area contributed by atoms with Gasteiger partial charge < -0.3 is 14.5 Å². The van der Waals surface area contributed by atoms with Crippen LogP contribution in [-0.4, -0.2) is 15.0 Å². The fourth-order valence-electron chi connectivity index (χ4n) is 11.6. The quantitative estimate of drug-likeness (QED) is 0.170. The summed E-state index contributed by atoms with van der Waals surface area (Å²) in [4.78, 5) is 5.47. The number of hydrogen-bond acceptors (Lipinski definition) is 3. The summed E-state index contributed by atoms with van der Waals surface area (Å²) in [6.07, 6.45) is 16.7. The molecule has 0 amide bonds. The molecule has 3 heterocycles. The molecule has 66 heavy (non-hydrogen) atoms. The van der Waals surface area contributed by atoms with Gasteiger partial charge in [-0.25, -0.2) is 4.99 Å². The van der Waals surface area contributed by atoms with E-state index in [1.165, 1.54) is 98.5 Å². The first-order chi connectivity index (χ1) is 32.7. The van der Waals surface area contributed by atoms with Crippen molar-refractivity contribution in [2.45, 2.75) is 31.6 Å². The Morgan fingerprint density at radius 1 is 0.591 bits per heavy atom. The molecule has 3 unspecified atom stereocenters. The summed E-state index contributed by atoms with van der Waals surface area (Å²) in [5.41, 5.74) is 12.5. The van der Waals surface area contributed by atoms with Crippen molar-refractivity contribution in [2.75, 3.05) is 0 Å². The van der Waals surface area contributed by atoms with Crippen molar-refractivity contribution in [1.29, 1.82) is 0 Å². The molecule has 5 nitrogen and oxygen atoms in total. The van der Waals surface area contributed by atoms with Crippen LogP contribution in [0.1, 0.15) is 53.1 Å². The Morgan fingerprint density at radius 3 is 2.15 bits per heavy atom. The highest BCUT2D eigenvalue weighted by atomic mass is 15.3. The Kier molecular flexibility index (Phi) is 8.37. The lowest BCUT2D eigenvalue weighted by molar-refractivity contribution is 0.411. The fourth-order valence-corrected chi connectivity index (χ4v) is 11.6. The topological polar surface area (TPSA) is 46.3 Å². The molecular formula is C61H45N5. The second kappa shape index (κ2) is 14.8. The van der Waals surface area contributed by atoms with E-state index in [1.807, 2.05) is 0 Å². The summed E-state index contributed by atoms with van der Waals surface area (Å²) in [6.45, 7) is 0. The molecule has 0 spiro atoms. The molecule has 3 aliphatic carbocycles. The minimum atomic E-state index is -0.314. The molecule has 14 rings (SSSR count). The average molecular weight is 848 g/mol. The van der Waals surface area contributed by atoms with Crippen LogP contribution in [0.25, 0.3) is 77.7 Å². The third-order valence-electron chi connectivity index (χ3n) is 14.6. The summed E-state index contributed by atoms with van der Waals surface area (Å²) in [5, 5.41) is 20.4. The summed E-state index contributed by atoms with van der Waals surface area (Å²) < 4.78 is 5.21. The SMILES string of the molecule is C1=CCC2C(=C1)C=c1c(c3c(n1-c1cccc4ccc(C5N=C(c6ccccc6)NC(c6cc7ccccc7c7ccccc67)N5)cc14)CCC=C3)=C2n1c2ccccc2c2ccccc21. The van der Waals surface area contributed by atoms with E-state index in [9.17, 15) is 0 Å². The van der Waals surface area contributed by atoms with Crippen LogP contribution in [0, 0.1) is 5.92 Å². The number of allylic oxidation sites excluding steroid dienone is 5. The number of benzene rings is 8. The van der Waals surface area contributed by atoms with Crippen LogP contribution in [0.4, 0.5) is 0 Å². The molecule has 4 aliphatic rings. The average Bonchev–Trinajstić information content (AvgIpc) is 3.90. The lowest BCUT2D eigenvalue weighted by Crippen LogP contribution is -2.45. The largest absolute Gasteiger partial charge is 0.350 e. The first kappa shape index (κ1) is 37.4. The Bertz CT molecular complexity index is 3880. The number of para-hydroxylation sites is 2. The van der Waals surface area contributed by atoms with Gasteiger partial charge in [-0.15, -0.1) is 0 Å². The van der Waals surface area contributed by atoms with E-state index in [-0.39, 0.29) is 18.2 Å². The maximum absolute atomic E-state index is 5.47. The van der Waals surface area contributed by atoms with Crippen molar-refractivity contribution in [3.8, 4) is 5.69 Å². The number of aromatic nitrogens is 2. The number of nitrogens with one attached hydrogen (secondary N) is 2. The molecule has 8 aromatic carbocycles. The minimum Gasteiger partial charge on any atom is -0.350 e. The molecule has 0 saturated heterocycles. The highest BCUT2D eigenvalue weighted by Crippen LogP contribution is 2.40. The van der Waals surface area contributed by atoms with Gasteiger partial charge in [-0.1, -0.05) is 170 Å². The Hall–Kier alpha value is -7.99. The van der Waals surface area contributed by atoms with Crippen LogP contribution >= 0.6 is 0 Å². The van der Waals surface area contributed by atoms with Crippen molar-refractivity contribution in [2.24, 2.45) is 10.9 Å². The second-order valence-corrected chi connectivity index (χ2v) is 18.2. The van der Waals surface area contributed by atoms with Crippen molar-refractivity contribution in [3.05, 3.63) is 238 Å². The van der Waals surface area contributed by atoms with Gasteiger partial charge in [0.05, 0.1) is 22.1 Å². The van der Waals surface area contributed by atoms with Gasteiger partial charge in [-0.3, -0.25) is 5.32 Å². The van der Waals surface area contributed by atoms with Crippen LogP contribution in [0.3, 0.4) is 0 Å². The molecule has 2 aromatic heterocycles. The number of amidine groups is 1. The molecular weight excluding hydrogens is 803 g/mol. The number of nitrogens with zero attached hydrogens (tertiary/aromatic N) is 3. The lowest BCUT2D eigenvalue weighted by Gasteiger charge is -2.33.